The van der Waals surface area contributed by atoms with Crippen molar-refractivity contribution in [3.63, 3.8) is 0 Å². The van der Waals surface area contributed by atoms with Crippen LogP contribution in [0.3, 0.4) is 0 Å². The number of H-pyrrole nitrogens is 3. The monoisotopic (exact) mass is 1840 g/mol. The first kappa shape index (κ1) is 102. The first-order valence-corrected chi connectivity index (χ1v) is 45.0. The van der Waals surface area contributed by atoms with E-state index < -0.39 is 235 Å². The molecule has 0 radical (unpaired) electrons. The molecule has 6 aromatic rings. The number of nitrogens with two attached hydrogens (primary N) is 2. The van der Waals surface area contributed by atoms with Gasteiger partial charge in [-0.05, 0) is 106 Å². The van der Waals surface area contributed by atoms with E-state index in [2.05, 4.69) is 73.1 Å². The molecule has 3 saturated heterocycles. The number of carboxylic acids is 1. The Kier molecular flexibility index (Phi) is 37.7. The van der Waals surface area contributed by atoms with Gasteiger partial charge in [0.2, 0.25) is 94.5 Å². The SMILES string of the molecule is CCCC[C@H]1C(=O)N(C)[C@@H](CCCC)C(=O)N[C@@H](C)C(=O)N[C@H](C(=O)NCC(N)=O)CSCC(=O)N[C@@H](Cc2ccc(O)cc2)C(=O)N(C)[C@@H](C)C(=O)N[C@@H](CC(=O)O)C(=O)N2CCC[C@H]2C(=O)N[C@@H](Cc2c[nH]cn2)C(=O)N[C@@H](CCCCN)C(=O)N2C[C@H](O)CC2C(=O)N[C@@H](Cc2c[nH]c3ccccc23)C(=O)N[C@@H](CO)C(=O)N[C@@H](Cc2c[nH]c3ccccc23)C(=O)N1C. The number of imidazole rings is 1. The summed E-state index contributed by atoms with van der Waals surface area (Å²) >= 11 is 0.771. The zero-order valence-corrected chi connectivity index (χ0v) is 75.2. The predicted octanol–water partition coefficient (Wildman–Crippen LogP) is -2.49. The van der Waals surface area contributed by atoms with Crippen molar-refractivity contribution in [3.05, 3.63) is 120 Å². The van der Waals surface area contributed by atoms with Crippen LogP contribution in [0.25, 0.3) is 21.8 Å². The summed E-state index contributed by atoms with van der Waals surface area (Å²) in [5.74, 6) is -17.8. The molecule has 9 rings (SSSR count). The zero-order valence-electron chi connectivity index (χ0n) is 74.3. The lowest BCUT2D eigenvalue weighted by molar-refractivity contribution is -0.149. The van der Waals surface area contributed by atoms with E-state index in [1.807, 2.05) is 13.8 Å². The van der Waals surface area contributed by atoms with Crippen LogP contribution in [0.5, 0.6) is 5.75 Å². The third kappa shape index (κ3) is 27.8. The minimum atomic E-state index is -1.90. The third-order valence-corrected chi connectivity index (χ3v) is 24.7. The summed E-state index contributed by atoms with van der Waals surface area (Å²) < 4.78 is 0. The Bertz CT molecular complexity index is 5050. The minimum Gasteiger partial charge on any atom is -0.508 e. The number of para-hydroxylation sites is 2. The number of primary amides is 1. The van der Waals surface area contributed by atoms with Crippen LogP contribution in [0.2, 0.25) is 0 Å². The van der Waals surface area contributed by atoms with Gasteiger partial charge >= 0.3 is 5.97 Å². The number of carboxylic acid groups (broad SMARTS) is 1. The number of unbranched alkanes of at least 4 members (excludes halogenated alkanes) is 3. The van der Waals surface area contributed by atoms with Gasteiger partial charge in [0, 0.05) is 112 Å². The number of amides is 16. The number of nitrogens with zero attached hydrogens (tertiary/aromatic N) is 6. The predicted molar refractivity (Wildman–Crippen MR) is 478 cm³/mol. The lowest BCUT2D eigenvalue weighted by atomic mass is 10.00. The number of aromatic hydroxyl groups is 1. The molecule has 0 saturated carbocycles. The molecule has 3 aliphatic rings. The summed E-state index contributed by atoms with van der Waals surface area (Å²) in [6.45, 7) is 3.92. The van der Waals surface area contributed by atoms with Crippen molar-refractivity contribution >= 4 is 134 Å². The van der Waals surface area contributed by atoms with Crippen molar-refractivity contribution in [3.8, 4) is 5.75 Å². The molecule has 131 heavy (non-hydrogen) atoms. The van der Waals surface area contributed by atoms with Gasteiger partial charge in [0.25, 0.3) is 0 Å². The highest BCUT2D eigenvalue weighted by Crippen LogP contribution is 2.28. The number of fused-ring (bicyclic) bond motifs is 4. The normalized spacial score (nSPS) is 25.2. The van der Waals surface area contributed by atoms with Crippen LogP contribution in [-0.4, -0.2) is 321 Å². The highest BCUT2D eigenvalue weighted by atomic mass is 32.2. The Hall–Kier alpha value is -13.0. The molecule has 3 fully saturated rings. The average Bonchev–Trinajstić information content (AvgIpc) is 1.59. The highest BCUT2D eigenvalue weighted by molar-refractivity contribution is 8.00. The maximum absolute atomic E-state index is 15.6. The fourth-order valence-corrected chi connectivity index (χ4v) is 17.0. The van der Waals surface area contributed by atoms with Crippen molar-refractivity contribution in [2.75, 3.05) is 65.4 Å². The molecule has 42 nitrogen and oxygen atoms in total. The van der Waals surface area contributed by atoms with Crippen LogP contribution in [0.1, 0.15) is 134 Å². The van der Waals surface area contributed by atoms with Crippen LogP contribution in [0.15, 0.2) is 97.7 Å². The van der Waals surface area contributed by atoms with Crippen LogP contribution in [0, 0.1) is 0 Å². The number of aromatic nitrogens is 4. The number of carbonyl (C=O) groups excluding carboxylic acids is 16. The van der Waals surface area contributed by atoms with E-state index in [-0.39, 0.29) is 88.7 Å². The van der Waals surface area contributed by atoms with Gasteiger partial charge in [-0.2, -0.15) is 0 Å². The van der Waals surface area contributed by atoms with Crippen molar-refractivity contribution in [1.82, 2.24) is 97.6 Å². The Morgan fingerprint density at radius 3 is 1.70 bits per heavy atom. The van der Waals surface area contributed by atoms with Gasteiger partial charge in [-0.1, -0.05) is 88.1 Å². The number of benzene rings is 3. The fourth-order valence-electron chi connectivity index (χ4n) is 16.1. The number of carbonyl (C=O) groups is 17. The van der Waals surface area contributed by atoms with E-state index in [1.54, 1.807) is 60.9 Å². The van der Waals surface area contributed by atoms with Gasteiger partial charge in [0.05, 0.1) is 43.5 Å². The average molecular weight is 1840 g/mol. The number of phenolic OH excluding ortho intramolecular Hbond substituents is 1. The second kappa shape index (κ2) is 48.6. The molecule has 1 unspecified atom stereocenters. The van der Waals surface area contributed by atoms with E-state index >= 15 is 33.6 Å². The van der Waals surface area contributed by atoms with Crippen LogP contribution >= 0.6 is 11.8 Å². The summed E-state index contributed by atoms with van der Waals surface area (Å²) in [5, 5.41) is 70.4. The summed E-state index contributed by atoms with van der Waals surface area (Å²) in [6, 6.07) is -2.29. The molecule has 0 aliphatic carbocycles. The number of thioether (sulfide) groups is 1. The fraction of sp³-hybridized carbons (Fsp3) is 0.523. The smallest absolute Gasteiger partial charge is 0.305 e. The zero-order chi connectivity index (χ0) is 95.4. The third-order valence-electron chi connectivity index (χ3n) is 23.7. The standard InChI is InChI=1S/C88H121N21O21S/c1-8-10-24-68-81(123)96-48(3)75(117)104-67(77(119)94-42-72(90)113)45-131-46-73(114)97-63(33-50-27-29-54(111)30-28-50)84(126)105(5)49(4)76(118)101-65(38-74(115)116)87(129)108-32-18-26-69(108)82(124)100-62(36-53-41-91-47-95-53)79(121)98-60(23-16-17-31-89)86(128)109-43-55(112)37-71(109)83(125)99-61(34-51-39-92-58-21-14-12-19-56(51)58)78(120)103-66(44-110)80(122)102-64(35-52-40-93-59-22-15-13-20-57(52)59)85(127)107(7)70(25-11-9-2)88(130)106(68)6/h12-15,19-22,27-30,39-41,47-49,55,60-71,92-93,110-112H,8-11,16-18,23-26,31-38,42-46,89H2,1-7H3,(H2,90,113)(H,91,95)(H,94,119)(H,96,123)(H,97,114)(H,98,121)(H,99,125)(H,100,124)(H,101,118)(H,102,122)(H,103,120)(H,104,117)(H,115,116)/t48-,49-,55+,60-,61-,62-,63-,64-,65-,66-,67-,68-,69-,70-,71?/m0/s1. The number of rotatable bonds is 24. The number of nitrogens with one attached hydrogen (secondary N) is 13. The van der Waals surface area contributed by atoms with E-state index in [4.69, 9.17) is 11.5 Å². The molecule has 0 spiro atoms. The first-order chi connectivity index (χ1) is 62.5. The molecule has 16 amide bonds. The van der Waals surface area contributed by atoms with Gasteiger partial charge in [0.1, 0.15) is 90.3 Å². The highest BCUT2D eigenvalue weighted by Gasteiger charge is 2.47. The van der Waals surface area contributed by atoms with Gasteiger partial charge in [-0.15, -0.1) is 11.8 Å². The number of hydrogen-bond acceptors (Lipinski definition) is 23. The number of likely N-dealkylation sites (N-methyl/N-ethyl adjacent to an activating group) is 3. The Morgan fingerprint density at radius 2 is 1.10 bits per heavy atom. The summed E-state index contributed by atoms with van der Waals surface area (Å²) in [4.78, 5) is 266. The largest absolute Gasteiger partial charge is 0.508 e. The molecule has 21 N–H and O–H groups in total. The quantitative estimate of drug-likeness (QED) is 0.0279. The second-order valence-corrected chi connectivity index (χ2v) is 34.3. The molecular weight excluding hydrogens is 1720 g/mol. The number of aliphatic carboxylic acids is 1. The van der Waals surface area contributed by atoms with Gasteiger partial charge in [0.15, 0.2) is 0 Å². The van der Waals surface area contributed by atoms with Crippen molar-refractivity contribution in [1.29, 1.82) is 0 Å². The van der Waals surface area contributed by atoms with E-state index in [1.165, 1.54) is 71.8 Å². The van der Waals surface area contributed by atoms with Crippen molar-refractivity contribution in [2.45, 2.75) is 228 Å². The number of aromatic amines is 3. The first-order valence-electron chi connectivity index (χ1n) is 43.9. The number of aliphatic hydroxyl groups is 2. The summed E-state index contributed by atoms with van der Waals surface area (Å²) in [7, 11) is 3.89. The van der Waals surface area contributed by atoms with Crippen LogP contribution < -0.4 is 64.6 Å². The van der Waals surface area contributed by atoms with E-state index in [9.17, 15) is 68.4 Å². The number of aliphatic hydroxyl groups excluding tert-OH is 2. The molecule has 3 aromatic heterocycles. The number of phenols is 1. The van der Waals surface area contributed by atoms with E-state index in [0.717, 1.165) is 36.3 Å². The Balaban J connectivity index is 1.08. The van der Waals surface area contributed by atoms with E-state index in [0.29, 0.717) is 70.6 Å². The molecular formula is C88H121N21O21S. The molecule has 6 heterocycles. The lowest BCUT2D eigenvalue weighted by Gasteiger charge is -2.36. The maximum atomic E-state index is 15.6. The van der Waals surface area contributed by atoms with Crippen molar-refractivity contribution < 1.29 is 102 Å². The van der Waals surface area contributed by atoms with Crippen molar-refractivity contribution in [2.24, 2.45) is 11.5 Å². The molecule has 0 bridgehead atoms. The molecule has 15 atom stereocenters. The summed E-state index contributed by atoms with van der Waals surface area (Å²) in [6.07, 6.45) is 4.19. The van der Waals surface area contributed by atoms with Gasteiger partial charge in [-0.25, -0.2) is 4.98 Å². The molecule has 710 valence electrons. The van der Waals surface area contributed by atoms with Gasteiger partial charge < -0.3 is 125 Å². The molecule has 43 heteroatoms. The Morgan fingerprint density at radius 1 is 0.550 bits per heavy atom. The topological polar surface area (TPSA) is 620 Å². The molecule has 3 aliphatic heterocycles. The van der Waals surface area contributed by atoms with Crippen LogP contribution in [0.4, 0.5) is 0 Å². The molecule has 3 aromatic carbocycles. The summed E-state index contributed by atoms with van der Waals surface area (Å²) in [5.41, 5.74) is 14.2. The van der Waals surface area contributed by atoms with Crippen LogP contribution in [-0.2, 0) is 107 Å². The number of hydrogen-bond donors (Lipinski definition) is 19. The minimum absolute atomic E-state index is 0.0131. The lowest BCUT2D eigenvalue weighted by Crippen LogP contribution is -2.61. The maximum Gasteiger partial charge on any atom is 0.305 e. The van der Waals surface area contributed by atoms with Gasteiger partial charge in [-0.3, -0.25) is 81.5 Å². The Labute approximate surface area is 760 Å². The second-order valence-electron chi connectivity index (χ2n) is 33.2.